The first-order chi connectivity index (χ1) is 14.2. The van der Waals surface area contributed by atoms with Crippen LogP contribution in [0.25, 0.3) is 0 Å². The van der Waals surface area contributed by atoms with E-state index in [1.54, 1.807) is 6.07 Å². The largest absolute Gasteiger partial charge is 0.348 e. The van der Waals surface area contributed by atoms with Crippen molar-refractivity contribution in [1.29, 1.82) is 0 Å². The van der Waals surface area contributed by atoms with Gasteiger partial charge in [0.15, 0.2) is 0 Å². The fourth-order valence-electron chi connectivity index (χ4n) is 3.81. The molecule has 2 aromatic carbocycles. The quantitative estimate of drug-likeness (QED) is 0.661. The highest BCUT2D eigenvalue weighted by Gasteiger charge is 2.21. The first-order valence-electron chi connectivity index (χ1n) is 10.2. The Morgan fingerprint density at radius 3 is 2.34 bits per heavy atom. The Balaban J connectivity index is 1.66. The second kappa shape index (κ2) is 8.86. The molecule has 0 radical (unpaired) electrons. The molecule has 1 aliphatic carbocycles. The summed E-state index contributed by atoms with van der Waals surface area (Å²) in [5.41, 5.74) is 2.62. The van der Waals surface area contributed by atoms with E-state index in [1.807, 2.05) is 43.3 Å². The van der Waals surface area contributed by atoms with E-state index in [-0.39, 0.29) is 11.9 Å². The Labute approximate surface area is 171 Å². The summed E-state index contributed by atoms with van der Waals surface area (Å²) in [5, 5.41) is 3.13. The van der Waals surface area contributed by atoms with Gasteiger partial charge in [-0.25, -0.2) is 9.97 Å². The lowest BCUT2D eigenvalue weighted by atomic mass is 10.2. The third kappa shape index (κ3) is 4.80. The summed E-state index contributed by atoms with van der Waals surface area (Å²) >= 11 is 0. The Bertz CT molecular complexity index is 953. The Kier molecular flexibility index (Phi) is 5.84. The van der Waals surface area contributed by atoms with Crippen molar-refractivity contribution in [2.24, 2.45) is 0 Å². The molecule has 0 atom stereocenters. The third-order valence-corrected chi connectivity index (χ3v) is 5.28. The van der Waals surface area contributed by atoms with Crippen LogP contribution in [0.15, 0.2) is 66.7 Å². The average molecular weight is 386 g/mol. The van der Waals surface area contributed by atoms with Crippen molar-refractivity contribution in [2.45, 2.75) is 45.2 Å². The van der Waals surface area contributed by atoms with Gasteiger partial charge in [0.2, 0.25) is 0 Å². The summed E-state index contributed by atoms with van der Waals surface area (Å²) < 4.78 is 0. The van der Waals surface area contributed by atoms with E-state index in [4.69, 9.17) is 0 Å². The molecule has 4 rings (SSSR count). The lowest BCUT2D eigenvalue weighted by Crippen LogP contribution is -2.33. The second-order valence-corrected chi connectivity index (χ2v) is 7.52. The molecule has 1 fully saturated rings. The van der Waals surface area contributed by atoms with Crippen LogP contribution in [0.5, 0.6) is 0 Å². The number of hydrogen-bond acceptors (Lipinski definition) is 4. The van der Waals surface area contributed by atoms with Crippen molar-refractivity contribution < 1.29 is 4.79 Å². The minimum atomic E-state index is -0.114. The maximum Gasteiger partial charge on any atom is 0.270 e. The van der Waals surface area contributed by atoms with Gasteiger partial charge in [0.1, 0.15) is 17.3 Å². The van der Waals surface area contributed by atoms with E-state index >= 15 is 0 Å². The summed E-state index contributed by atoms with van der Waals surface area (Å²) in [7, 11) is 0. The highest BCUT2D eigenvalue weighted by Crippen LogP contribution is 2.27. The normalized spacial score (nSPS) is 14.0. The standard InChI is InChI=1S/C24H26N4O/c1-18-25-22(24(29)27-20-12-8-9-13-20)16-23(26-18)28(21-14-6-3-7-15-21)17-19-10-4-2-5-11-19/h2-7,10-11,14-16,20H,8-9,12-13,17H2,1H3,(H,27,29). The van der Waals surface area contributed by atoms with Crippen LogP contribution in [0.4, 0.5) is 11.5 Å². The zero-order valence-electron chi connectivity index (χ0n) is 16.7. The second-order valence-electron chi connectivity index (χ2n) is 7.52. The highest BCUT2D eigenvalue weighted by atomic mass is 16.1. The number of para-hydroxylation sites is 1. The number of carbonyl (C=O) groups excluding carboxylic acids is 1. The minimum absolute atomic E-state index is 0.114. The first kappa shape index (κ1) is 19.1. The number of anilines is 2. The highest BCUT2D eigenvalue weighted by molar-refractivity contribution is 5.93. The number of nitrogens with zero attached hydrogens (tertiary/aromatic N) is 3. The molecule has 0 saturated heterocycles. The summed E-state index contributed by atoms with van der Waals surface area (Å²) in [6, 6.07) is 22.4. The van der Waals surface area contributed by atoms with Gasteiger partial charge in [-0.3, -0.25) is 4.79 Å². The Hall–Kier alpha value is -3.21. The molecule has 1 aromatic heterocycles. The van der Waals surface area contributed by atoms with Gasteiger partial charge < -0.3 is 10.2 Å². The maximum atomic E-state index is 12.8. The zero-order chi connectivity index (χ0) is 20.1. The van der Waals surface area contributed by atoms with E-state index < -0.39 is 0 Å². The molecule has 1 saturated carbocycles. The van der Waals surface area contributed by atoms with Crippen LogP contribution in [-0.4, -0.2) is 21.9 Å². The van der Waals surface area contributed by atoms with E-state index in [0.29, 0.717) is 18.1 Å². The Morgan fingerprint density at radius 2 is 1.66 bits per heavy atom. The summed E-state index contributed by atoms with van der Waals surface area (Å²) in [5.74, 6) is 1.20. The van der Waals surface area contributed by atoms with Crippen LogP contribution in [0, 0.1) is 6.92 Å². The van der Waals surface area contributed by atoms with Crippen molar-refractivity contribution in [3.63, 3.8) is 0 Å². The summed E-state index contributed by atoms with van der Waals surface area (Å²) in [4.78, 5) is 24.0. The maximum absolute atomic E-state index is 12.8. The van der Waals surface area contributed by atoms with E-state index in [1.165, 1.54) is 18.4 Å². The first-order valence-corrected chi connectivity index (χ1v) is 10.2. The predicted octanol–water partition coefficient (Wildman–Crippen LogP) is 4.80. The number of hydrogen-bond donors (Lipinski definition) is 1. The smallest absolute Gasteiger partial charge is 0.270 e. The van der Waals surface area contributed by atoms with Gasteiger partial charge in [0, 0.05) is 24.3 Å². The van der Waals surface area contributed by atoms with Crippen molar-refractivity contribution in [3.8, 4) is 0 Å². The zero-order valence-corrected chi connectivity index (χ0v) is 16.7. The molecule has 1 heterocycles. The molecule has 29 heavy (non-hydrogen) atoms. The minimum Gasteiger partial charge on any atom is -0.348 e. The molecule has 0 bridgehead atoms. The number of aromatic nitrogens is 2. The number of aryl methyl sites for hydroxylation is 1. The van der Waals surface area contributed by atoms with Gasteiger partial charge in [0.25, 0.3) is 5.91 Å². The molecular weight excluding hydrogens is 360 g/mol. The van der Waals surface area contributed by atoms with Gasteiger partial charge in [0.05, 0.1) is 0 Å². The van der Waals surface area contributed by atoms with Crippen LogP contribution >= 0.6 is 0 Å². The summed E-state index contributed by atoms with van der Waals surface area (Å²) in [6.07, 6.45) is 4.45. The van der Waals surface area contributed by atoms with Crippen LogP contribution in [0.3, 0.4) is 0 Å². The van der Waals surface area contributed by atoms with E-state index in [2.05, 4.69) is 44.5 Å². The van der Waals surface area contributed by atoms with Crippen LogP contribution < -0.4 is 10.2 Å². The van der Waals surface area contributed by atoms with E-state index in [9.17, 15) is 4.79 Å². The van der Waals surface area contributed by atoms with Crippen LogP contribution in [0.1, 0.15) is 47.6 Å². The topological polar surface area (TPSA) is 58.1 Å². The van der Waals surface area contributed by atoms with E-state index in [0.717, 1.165) is 24.3 Å². The molecular formula is C24H26N4O. The predicted molar refractivity (Wildman–Crippen MR) is 115 cm³/mol. The molecule has 1 amide bonds. The molecule has 0 spiro atoms. The van der Waals surface area contributed by atoms with Crippen molar-refractivity contribution in [1.82, 2.24) is 15.3 Å². The molecule has 5 heteroatoms. The van der Waals surface area contributed by atoms with Crippen LogP contribution in [0.2, 0.25) is 0 Å². The molecule has 3 aromatic rings. The Morgan fingerprint density at radius 1 is 1.00 bits per heavy atom. The number of benzene rings is 2. The number of amides is 1. The van der Waals surface area contributed by atoms with Crippen molar-refractivity contribution in [2.75, 3.05) is 4.90 Å². The lowest BCUT2D eigenvalue weighted by Gasteiger charge is -2.25. The number of nitrogens with one attached hydrogen (secondary N) is 1. The molecule has 5 nitrogen and oxygen atoms in total. The molecule has 148 valence electrons. The average Bonchev–Trinajstić information content (AvgIpc) is 3.26. The molecule has 0 unspecified atom stereocenters. The fraction of sp³-hybridized carbons (Fsp3) is 0.292. The molecule has 1 aliphatic rings. The number of carbonyl (C=O) groups is 1. The SMILES string of the molecule is Cc1nc(C(=O)NC2CCCC2)cc(N(Cc2ccccc2)c2ccccc2)n1. The van der Waals surface area contributed by atoms with Gasteiger partial charge in [-0.05, 0) is 37.5 Å². The molecule has 1 N–H and O–H groups in total. The third-order valence-electron chi connectivity index (χ3n) is 5.28. The van der Waals surface area contributed by atoms with Gasteiger partial charge in [-0.2, -0.15) is 0 Å². The van der Waals surface area contributed by atoms with Gasteiger partial charge in [-0.15, -0.1) is 0 Å². The van der Waals surface area contributed by atoms with Crippen molar-refractivity contribution in [3.05, 3.63) is 83.8 Å². The van der Waals surface area contributed by atoms with Crippen LogP contribution in [-0.2, 0) is 6.54 Å². The molecule has 0 aliphatic heterocycles. The van der Waals surface area contributed by atoms with Gasteiger partial charge >= 0.3 is 0 Å². The fourth-order valence-corrected chi connectivity index (χ4v) is 3.81. The monoisotopic (exact) mass is 386 g/mol. The number of rotatable bonds is 6. The lowest BCUT2D eigenvalue weighted by molar-refractivity contribution is 0.0932. The summed E-state index contributed by atoms with van der Waals surface area (Å²) in [6.45, 7) is 2.49. The van der Waals surface area contributed by atoms with Crippen molar-refractivity contribution >= 4 is 17.4 Å². The van der Waals surface area contributed by atoms with Gasteiger partial charge in [-0.1, -0.05) is 61.4 Å².